The molecule has 1 heterocycles. The predicted molar refractivity (Wildman–Crippen MR) is 120 cm³/mol. The fourth-order valence-electron chi connectivity index (χ4n) is 3.23. The number of carbonyl (C=O) groups is 1. The van der Waals surface area contributed by atoms with E-state index in [1.807, 2.05) is 49.4 Å². The van der Waals surface area contributed by atoms with Gasteiger partial charge in [0.1, 0.15) is 0 Å². The summed E-state index contributed by atoms with van der Waals surface area (Å²) >= 11 is 6.45. The quantitative estimate of drug-likeness (QED) is 0.363. The fourth-order valence-corrected chi connectivity index (χ4v) is 3.44. The maximum absolute atomic E-state index is 12.5. The van der Waals surface area contributed by atoms with E-state index in [0.717, 1.165) is 27.6 Å². The van der Waals surface area contributed by atoms with Gasteiger partial charge in [-0.1, -0.05) is 35.9 Å². The Morgan fingerprint density at radius 1 is 1.00 bits per heavy atom. The number of pyridine rings is 1. The van der Waals surface area contributed by atoms with Gasteiger partial charge in [0, 0.05) is 34.2 Å². The smallest absolute Gasteiger partial charge is 0.323 e. The van der Waals surface area contributed by atoms with Crippen molar-refractivity contribution in [3.8, 4) is 11.3 Å². The van der Waals surface area contributed by atoms with Crippen LogP contribution in [0.25, 0.3) is 22.0 Å². The average Bonchev–Trinajstić information content (AvgIpc) is 2.71. The first-order valence-corrected chi connectivity index (χ1v) is 9.47. The summed E-state index contributed by atoms with van der Waals surface area (Å²) < 4.78 is 0. The van der Waals surface area contributed by atoms with Gasteiger partial charge in [-0.25, -0.2) is 4.79 Å². The Hall–Kier alpha value is -3.57. The van der Waals surface area contributed by atoms with Crippen LogP contribution in [0.1, 0.15) is 5.56 Å². The van der Waals surface area contributed by atoms with Crippen molar-refractivity contribution >= 4 is 45.5 Å². The fraction of sp³-hybridized carbons (Fsp3) is 0.0435. The molecule has 29 heavy (non-hydrogen) atoms. The van der Waals surface area contributed by atoms with Crippen LogP contribution in [0, 0.1) is 6.92 Å². The predicted octanol–water partition coefficient (Wildman–Crippen LogP) is 6.09. The Morgan fingerprint density at radius 2 is 1.83 bits per heavy atom. The van der Waals surface area contributed by atoms with Gasteiger partial charge >= 0.3 is 6.03 Å². The molecule has 0 atom stereocenters. The van der Waals surface area contributed by atoms with E-state index < -0.39 is 0 Å². The van der Waals surface area contributed by atoms with Crippen LogP contribution in [0.3, 0.4) is 0 Å². The van der Waals surface area contributed by atoms with Crippen molar-refractivity contribution in [2.24, 2.45) is 0 Å². The molecule has 0 fully saturated rings. The monoisotopic (exact) mass is 402 g/mol. The van der Waals surface area contributed by atoms with E-state index in [9.17, 15) is 4.79 Å². The van der Waals surface area contributed by atoms with Crippen molar-refractivity contribution in [3.05, 3.63) is 83.5 Å². The van der Waals surface area contributed by atoms with E-state index in [1.54, 1.807) is 30.5 Å². The number of nitrogen functional groups attached to an aromatic ring is 1. The van der Waals surface area contributed by atoms with Crippen LogP contribution >= 0.6 is 11.6 Å². The van der Waals surface area contributed by atoms with Crippen molar-refractivity contribution in [2.75, 3.05) is 16.4 Å². The highest BCUT2D eigenvalue weighted by molar-refractivity contribution is 6.33. The average molecular weight is 403 g/mol. The van der Waals surface area contributed by atoms with Crippen molar-refractivity contribution in [1.82, 2.24) is 4.98 Å². The van der Waals surface area contributed by atoms with Gasteiger partial charge in [0.25, 0.3) is 0 Å². The number of hydrogen-bond donors (Lipinski definition) is 3. The van der Waals surface area contributed by atoms with E-state index in [1.165, 1.54) is 0 Å². The highest BCUT2D eigenvalue weighted by atomic mass is 35.5. The number of halogens is 1. The molecule has 4 aromatic rings. The number of aromatic nitrogens is 1. The maximum atomic E-state index is 12.5. The molecule has 5 nitrogen and oxygen atoms in total. The molecule has 144 valence electrons. The third-order valence-corrected chi connectivity index (χ3v) is 4.98. The molecule has 0 aliphatic rings. The van der Waals surface area contributed by atoms with Gasteiger partial charge < -0.3 is 16.4 Å². The van der Waals surface area contributed by atoms with E-state index in [2.05, 4.69) is 15.6 Å². The highest BCUT2D eigenvalue weighted by Gasteiger charge is 2.12. The molecular formula is C23H19ClN4O. The third kappa shape index (κ3) is 4.00. The second kappa shape index (κ2) is 7.81. The molecule has 3 aromatic carbocycles. The maximum Gasteiger partial charge on any atom is 0.323 e. The zero-order chi connectivity index (χ0) is 20.4. The second-order valence-electron chi connectivity index (χ2n) is 6.73. The minimum absolute atomic E-state index is 0.350. The number of benzene rings is 3. The Kier molecular flexibility index (Phi) is 5.06. The lowest BCUT2D eigenvalue weighted by molar-refractivity contribution is 0.262. The van der Waals surface area contributed by atoms with E-state index in [0.29, 0.717) is 22.1 Å². The van der Waals surface area contributed by atoms with Crippen LogP contribution in [0.15, 0.2) is 72.9 Å². The topological polar surface area (TPSA) is 80.0 Å². The van der Waals surface area contributed by atoms with Gasteiger partial charge in [0.05, 0.1) is 10.7 Å². The molecule has 0 spiro atoms. The summed E-state index contributed by atoms with van der Waals surface area (Å²) in [6.45, 7) is 1.89. The number of anilines is 3. The summed E-state index contributed by atoms with van der Waals surface area (Å²) in [7, 11) is 0. The van der Waals surface area contributed by atoms with Crippen molar-refractivity contribution < 1.29 is 4.79 Å². The normalized spacial score (nSPS) is 10.7. The van der Waals surface area contributed by atoms with E-state index in [-0.39, 0.29) is 6.03 Å². The molecule has 6 heteroatoms. The summed E-state index contributed by atoms with van der Waals surface area (Å²) in [6.07, 6.45) is 1.75. The summed E-state index contributed by atoms with van der Waals surface area (Å²) in [4.78, 5) is 17.0. The number of urea groups is 1. The molecule has 0 saturated heterocycles. The molecule has 0 saturated carbocycles. The van der Waals surface area contributed by atoms with Crippen molar-refractivity contribution in [1.29, 1.82) is 0 Å². The molecule has 0 unspecified atom stereocenters. The lowest BCUT2D eigenvalue weighted by Crippen LogP contribution is -2.20. The second-order valence-corrected chi connectivity index (χ2v) is 7.14. The lowest BCUT2D eigenvalue weighted by Gasteiger charge is -2.13. The number of fused-ring (bicyclic) bond motifs is 1. The van der Waals surface area contributed by atoms with Gasteiger partial charge in [-0.2, -0.15) is 0 Å². The molecule has 0 aliphatic carbocycles. The van der Waals surface area contributed by atoms with Gasteiger partial charge in [-0.15, -0.1) is 0 Å². The Morgan fingerprint density at radius 3 is 2.66 bits per heavy atom. The van der Waals surface area contributed by atoms with Crippen LogP contribution in [0.2, 0.25) is 5.02 Å². The van der Waals surface area contributed by atoms with Crippen molar-refractivity contribution in [3.63, 3.8) is 0 Å². The van der Waals surface area contributed by atoms with Gasteiger partial charge in [-0.05, 0) is 60.3 Å². The van der Waals surface area contributed by atoms with Gasteiger partial charge in [0.15, 0.2) is 0 Å². The first-order valence-electron chi connectivity index (χ1n) is 9.09. The number of nitrogens with one attached hydrogen (secondary N) is 2. The summed E-state index contributed by atoms with van der Waals surface area (Å²) in [6, 6.07) is 20.2. The number of nitrogens with two attached hydrogens (primary N) is 1. The van der Waals surface area contributed by atoms with E-state index >= 15 is 0 Å². The summed E-state index contributed by atoms with van der Waals surface area (Å²) in [5, 5.41) is 8.32. The van der Waals surface area contributed by atoms with Crippen LogP contribution in [-0.4, -0.2) is 11.0 Å². The lowest BCUT2D eigenvalue weighted by atomic mass is 10.0. The molecular weight excluding hydrogens is 384 g/mol. The number of aryl methyl sites for hydroxylation is 1. The van der Waals surface area contributed by atoms with Crippen LogP contribution in [0.4, 0.5) is 21.9 Å². The number of nitrogens with zero attached hydrogens (tertiary/aromatic N) is 1. The standard InChI is InChI=1S/C23H19ClN4O/c1-14-12-16(25)6-9-21(14)28-23(29)27-17-7-8-20(24)19(13-17)22-18-5-3-2-4-15(18)10-11-26-22/h2-13H,25H2,1H3,(H2,27,28,29). The molecule has 2 amide bonds. The van der Waals surface area contributed by atoms with Gasteiger partial charge in [0.2, 0.25) is 0 Å². The first-order chi connectivity index (χ1) is 14.0. The largest absolute Gasteiger partial charge is 0.399 e. The van der Waals surface area contributed by atoms with Crippen LogP contribution in [-0.2, 0) is 0 Å². The Balaban J connectivity index is 1.62. The molecule has 4 rings (SSSR count). The van der Waals surface area contributed by atoms with Gasteiger partial charge in [-0.3, -0.25) is 4.98 Å². The molecule has 0 aliphatic heterocycles. The molecule has 0 radical (unpaired) electrons. The Bertz CT molecular complexity index is 1220. The highest BCUT2D eigenvalue weighted by Crippen LogP contribution is 2.33. The number of amides is 2. The number of carbonyl (C=O) groups excluding carboxylic acids is 1. The minimum atomic E-state index is -0.350. The van der Waals surface area contributed by atoms with Crippen molar-refractivity contribution in [2.45, 2.75) is 6.92 Å². The molecule has 0 bridgehead atoms. The Labute approximate surface area is 173 Å². The summed E-state index contributed by atoms with van der Waals surface area (Å²) in [5.74, 6) is 0. The van der Waals surface area contributed by atoms with Crippen LogP contribution < -0.4 is 16.4 Å². The first kappa shape index (κ1) is 18.8. The zero-order valence-electron chi connectivity index (χ0n) is 15.7. The summed E-state index contributed by atoms with van der Waals surface area (Å²) in [5.41, 5.74) is 10.1. The molecule has 1 aromatic heterocycles. The SMILES string of the molecule is Cc1cc(N)ccc1NC(=O)Nc1ccc(Cl)c(-c2nccc3ccccc23)c1. The molecule has 4 N–H and O–H groups in total. The zero-order valence-corrected chi connectivity index (χ0v) is 16.5. The third-order valence-electron chi connectivity index (χ3n) is 4.65. The van der Waals surface area contributed by atoms with E-state index in [4.69, 9.17) is 17.3 Å². The number of rotatable bonds is 3. The van der Waals surface area contributed by atoms with Crippen LogP contribution in [0.5, 0.6) is 0 Å². The minimum Gasteiger partial charge on any atom is -0.399 e. The number of hydrogen-bond acceptors (Lipinski definition) is 3.